The summed E-state index contributed by atoms with van der Waals surface area (Å²) in [4.78, 5) is 26.7. The number of anilines is 1. The molecular formula is C17H19ClN2O2. The molecule has 1 aliphatic heterocycles. The molecule has 0 bridgehead atoms. The van der Waals surface area contributed by atoms with Gasteiger partial charge in [-0.15, -0.1) is 0 Å². The molecule has 116 valence electrons. The van der Waals surface area contributed by atoms with E-state index in [1.807, 2.05) is 37.3 Å². The van der Waals surface area contributed by atoms with Gasteiger partial charge < -0.3 is 10.2 Å². The van der Waals surface area contributed by atoms with Crippen LogP contribution >= 0.6 is 11.6 Å². The van der Waals surface area contributed by atoms with Gasteiger partial charge in [0, 0.05) is 22.3 Å². The van der Waals surface area contributed by atoms with E-state index in [0.29, 0.717) is 23.4 Å². The molecule has 1 heterocycles. The van der Waals surface area contributed by atoms with Crippen molar-refractivity contribution in [3.8, 4) is 0 Å². The lowest BCUT2D eigenvalue weighted by Gasteiger charge is -2.21. The van der Waals surface area contributed by atoms with E-state index in [-0.39, 0.29) is 17.9 Å². The zero-order valence-electron chi connectivity index (χ0n) is 12.5. The zero-order chi connectivity index (χ0) is 15.7. The summed E-state index contributed by atoms with van der Waals surface area (Å²) in [6, 6.07) is 9.15. The molecule has 5 heteroatoms. The van der Waals surface area contributed by atoms with Crippen LogP contribution in [0.2, 0.25) is 0 Å². The number of halogens is 1. The number of carbonyl (C=O) groups is 2. The van der Waals surface area contributed by atoms with Gasteiger partial charge in [-0.05, 0) is 44.7 Å². The molecule has 1 aliphatic carbocycles. The second-order valence-corrected chi connectivity index (χ2v) is 6.35. The topological polar surface area (TPSA) is 49.4 Å². The van der Waals surface area contributed by atoms with Crippen molar-refractivity contribution >= 4 is 29.1 Å². The van der Waals surface area contributed by atoms with Gasteiger partial charge in [-0.1, -0.05) is 29.8 Å². The van der Waals surface area contributed by atoms with Crippen molar-refractivity contribution in [3.63, 3.8) is 0 Å². The summed E-state index contributed by atoms with van der Waals surface area (Å²) in [6.07, 6.45) is 2.98. The Morgan fingerprint density at radius 3 is 2.64 bits per heavy atom. The van der Waals surface area contributed by atoms with E-state index in [0.717, 1.165) is 18.5 Å². The molecule has 22 heavy (non-hydrogen) atoms. The van der Waals surface area contributed by atoms with Crippen LogP contribution in [0.3, 0.4) is 0 Å². The molecule has 2 aliphatic rings. The highest BCUT2D eigenvalue weighted by molar-refractivity contribution is 6.32. The number of hydrogen-bond acceptors (Lipinski definition) is 2. The molecule has 1 N–H and O–H groups in total. The largest absolute Gasteiger partial charge is 0.340 e. The maximum atomic E-state index is 12.6. The number of carbonyl (C=O) groups excluding carboxylic acids is 2. The van der Waals surface area contributed by atoms with Crippen LogP contribution < -0.4 is 10.2 Å². The summed E-state index contributed by atoms with van der Waals surface area (Å²) in [5, 5.41) is 3.49. The Balaban J connectivity index is 1.73. The molecule has 0 spiro atoms. The summed E-state index contributed by atoms with van der Waals surface area (Å²) >= 11 is 6.07. The molecule has 2 amide bonds. The first kappa shape index (κ1) is 15.1. The number of rotatable bonds is 3. The van der Waals surface area contributed by atoms with Gasteiger partial charge in [-0.3, -0.25) is 9.59 Å². The SMILES string of the molecule is CC1CC(NC(=O)C2=C(Cl)CCC2)C(=O)N1c1ccccc1. The van der Waals surface area contributed by atoms with Crippen LogP contribution in [0.25, 0.3) is 0 Å². The summed E-state index contributed by atoms with van der Waals surface area (Å²) in [7, 11) is 0. The third-order valence-electron chi connectivity index (χ3n) is 4.32. The molecule has 2 atom stereocenters. The predicted molar refractivity (Wildman–Crippen MR) is 86.7 cm³/mol. The Morgan fingerprint density at radius 1 is 1.27 bits per heavy atom. The Kier molecular flexibility index (Phi) is 4.21. The highest BCUT2D eigenvalue weighted by Crippen LogP contribution is 2.30. The first-order chi connectivity index (χ1) is 10.6. The number of hydrogen-bond donors (Lipinski definition) is 1. The zero-order valence-corrected chi connectivity index (χ0v) is 13.3. The fourth-order valence-electron chi connectivity index (χ4n) is 3.21. The standard InChI is InChI=1S/C17H19ClN2O2/c1-11-10-15(19-16(21)13-8-5-9-14(13)18)17(22)20(11)12-6-3-2-4-7-12/h2-4,6-7,11,15H,5,8-10H2,1H3,(H,19,21). The number of para-hydroxylation sites is 1. The van der Waals surface area contributed by atoms with Gasteiger partial charge in [0.15, 0.2) is 0 Å². The predicted octanol–water partition coefficient (Wildman–Crippen LogP) is 2.97. The third kappa shape index (κ3) is 2.75. The van der Waals surface area contributed by atoms with Crippen molar-refractivity contribution in [2.75, 3.05) is 4.90 Å². The minimum absolute atomic E-state index is 0.0539. The molecule has 0 saturated carbocycles. The molecule has 4 nitrogen and oxygen atoms in total. The van der Waals surface area contributed by atoms with Crippen LogP contribution in [0.15, 0.2) is 40.9 Å². The highest BCUT2D eigenvalue weighted by Gasteiger charge is 2.39. The average molecular weight is 319 g/mol. The Labute approximate surface area is 135 Å². The van der Waals surface area contributed by atoms with Crippen molar-refractivity contribution in [1.82, 2.24) is 5.32 Å². The van der Waals surface area contributed by atoms with Gasteiger partial charge in [0.1, 0.15) is 6.04 Å². The van der Waals surface area contributed by atoms with Crippen molar-refractivity contribution in [2.24, 2.45) is 0 Å². The van der Waals surface area contributed by atoms with E-state index in [9.17, 15) is 9.59 Å². The number of benzene rings is 1. The molecule has 2 unspecified atom stereocenters. The summed E-state index contributed by atoms with van der Waals surface area (Å²) in [6.45, 7) is 2.00. The lowest BCUT2D eigenvalue weighted by Crippen LogP contribution is -2.42. The fraction of sp³-hybridized carbons (Fsp3) is 0.412. The first-order valence-corrected chi connectivity index (χ1v) is 8.02. The lowest BCUT2D eigenvalue weighted by atomic mass is 10.1. The van der Waals surface area contributed by atoms with Gasteiger partial charge in [0.05, 0.1) is 0 Å². The smallest absolute Gasteiger partial charge is 0.249 e. The van der Waals surface area contributed by atoms with Crippen molar-refractivity contribution in [3.05, 3.63) is 40.9 Å². The van der Waals surface area contributed by atoms with Crippen LogP contribution in [-0.2, 0) is 9.59 Å². The van der Waals surface area contributed by atoms with Crippen LogP contribution in [0.4, 0.5) is 5.69 Å². The van der Waals surface area contributed by atoms with Gasteiger partial charge in [0.25, 0.3) is 0 Å². The minimum Gasteiger partial charge on any atom is -0.340 e. The molecular weight excluding hydrogens is 300 g/mol. The number of allylic oxidation sites excluding steroid dienone is 1. The van der Waals surface area contributed by atoms with E-state index in [4.69, 9.17) is 11.6 Å². The maximum Gasteiger partial charge on any atom is 0.249 e. The molecule has 3 rings (SSSR count). The van der Waals surface area contributed by atoms with Crippen molar-refractivity contribution < 1.29 is 9.59 Å². The van der Waals surface area contributed by atoms with Crippen LogP contribution in [0, 0.1) is 0 Å². The number of nitrogens with zero attached hydrogens (tertiary/aromatic N) is 1. The van der Waals surface area contributed by atoms with Crippen LogP contribution in [0.5, 0.6) is 0 Å². The second kappa shape index (κ2) is 6.13. The van der Waals surface area contributed by atoms with E-state index in [2.05, 4.69) is 5.32 Å². The van der Waals surface area contributed by atoms with Crippen molar-refractivity contribution in [1.29, 1.82) is 0 Å². The normalized spacial score (nSPS) is 25.0. The van der Waals surface area contributed by atoms with Gasteiger partial charge in [0.2, 0.25) is 11.8 Å². The van der Waals surface area contributed by atoms with Crippen LogP contribution in [-0.4, -0.2) is 23.9 Å². The summed E-state index contributed by atoms with van der Waals surface area (Å²) in [5.74, 6) is -0.246. The van der Waals surface area contributed by atoms with Gasteiger partial charge >= 0.3 is 0 Å². The van der Waals surface area contributed by atoms with E-state index in [1.54, 1.807) is 4.90 Å². The monoisotopic (exact) mass is 318 g/mol. The fourth-order valence-corrected chi connectivity index (χ4v) is 3.53. The Hall–Kier alpha value is -1.81. The van der Waals surface area contributed by atoms with Gasteiger partial charge in [-0.2, -0.15) is 0 Å². The average Bonchev–Trinajstić information content (AvgIpc) is 3.04. The van der Waals surface area contributed by atoms with E-state index < -0.39 is 6.04 Å². The minimum atomic E-state index is -0.472. The lowest BCUT2D eigenvalue weighted by molar-refractivity contribution is -0.124. The number of amides is 2. The van der Waals surface area contributed by atoms with E-state index in [1.165, 1.54) is 0 Å². The van der Waals surface area contributed by atoms with Gasteiger partial charge in [-0.25, -0.2) is 0 Å². The maximum absolute atomic E-state index is 12.6. The first-order valence-electron chi connectivity index (χ1n) is 7.64. The third-order valence-corrected chi connectivity index (χ3v) is 4.73. The Morgan fingerprint density at radius 2 is 2.00 bits per heavy atom. The van der Waals surface area contributed by atoms with Crippen LogP contribution in [0.1, 0.15) is 32.6 Å². The Bertz CT molecular complexity index is 627. The molecule has 1 aromatic rings. The molecule has 1 saturated heterocycles. The summed E-state index contributed by atoms with van der Waals surface area (Å²) < 4.78 is 0. The molecule has 0 radical (unpaired) electrons. The van der Waals surface area contributed by atoms with E-state index >= 15 is 0 Å². The quantitative estimate of drug-likeness (QED) is 0.931. The molecule has 1 aromatic carbocycles. The highest BCUT2D eigenvalue weighted by atomic mass is 35.5. The second-order valence-electron chi connectivity index (χ2n) is 5.89. The molecule has 0 aromatic heterocycles. The van der Waals surface area contributed by atoms with Crippen molar-refractivity contribution in [2.45, 2.75) is 44.7 Å². The molecule has 1 fully saturated rings. The number of nitrogens with one attached hydrogen (secondary N) is 1. The summed E-state index contributed by atoms with van der Waals surface area (Å²) in [5.41, 5.74) is 1.51.